The fourth-order valence-electron chi connectivity index (χ4n) is 5.08. The first-order valence-corrected chi connectivity index (χ1v) is 12.0. The van der Waals surface area contributed by atoms with Crippen LogP contribution in [0.3, 0.4) is 0 Å². The van der Waals surface area contributed by atoms with Crippen LogP contribution in [-0.4, -0.2) is 48.8 Å². The molecule has 0 bridgehead atoms. The van der Waals surface area contributed by atoms with Crippen molar-refractivity contribution in [1.82, 2.24) is 15.5 Å². The van der Waals surface area contributed by atoms with Gasteiger partial charge in [0.05, 0.1) is 12.6 Å². The number of ether oxygens (including phenoxy) is 1. The number of carbonyl (C=O) groups is 2. The van der Waals surface area contributed by atoms with Gasteiger partial charge in [-0.1, -0.05) is 42.5 Å². The van der Waals surface area contributed by atoms with Crippen molar-refractivity contribution in [2.75, 3.05) is 25.1 Å². The van der Waals surface area contributed by atoms with E-state index in [1.54, 1.807) is 0 Å². The van der Waals surface area contributed by atoms with Crippen LogP contribution in [0.1, 0.15) is 49.3 Å². The number of nitrogens with zero attached hydrogens (tertiary/aromatic N) is 1. The van der Waals surface area contributed by atoms with Gasteiger partial charge in [-0.3, -0.25) is 0 Å². The van der Waals surface area contributed by atoms with Gasteiger partial charge in [-0.2, -0.15) is 0 Å². The van der Waals surface area contributed by atoms with E-state index in [1.807, 2.05) is 42.2 Å². The highest BCUT2D eigenvalue weighted by atomic mass is 16.5. The Bertz CT molecular complexity index is 977. The molecule has 33 heavy (non-hydrogen) atoms. The fourth-order valence-corrected chi connectivity index (χ4v) is 5.08. The summed E-state index contributed by atoms with van der Waals surface area (Å²) >= 11 is 0. The quantitative estimate of drug-likeness (QED) is 0.640. The van der Waals surface area contributed by atoms with Crippen LogP contribution in [0.15, 0.2) is 54.6 Å². The molecule has 2 heterocycles. The molecule has 4 atom stereocenters. The molecule has 4 amide bonds. The van der Waals surface area contributed by atoms with Crippen LogP contribution in [0.5, 0.6) is 0 Å². The molecular formula is C26H32N4O3. The van der Waals surface area contributed by atoms with Crippen molar-refractivity contribution in [2.45, 2.75) is 50.2 Å². The molecule has 2 saturated heterocycles. The Kier molecular flexibility index (Phi) is 6.22. The summed E-state index contributed by atoms with van der Waals surface area (Å²) in [5, 5.41) is 8.96. The Hall–Kier alpha value is -3.06. The smallest absolute Gasteiger partial charge is 0.319 e. The third-order valence-corrected chi connectivity index (χ3v) is 7.08. The maximum absolute atomic E-state index is 13.3. The zero-order valence-corrected chi connectivity index (χ0v) is 19.0. The van der Waals surface area contributed by atoms with Gasteiger partial charge < -0.3 is 25.6 Å². The van der Waals surface area contributed by atoms with Crippen LogP contribution >= 0.6 is 0 Å². The lowest BCUT2D eigenvalue weighted by molar-refractivity contribution is 0.0260. The summed E-state index contributed by atoms with van der Waals surface area (Å²) in [6.07, 6.45) is 2.99. The van der Waals surface area contributed by atoms with Gasteiger partial charge in [-0.25, -0.2) is 9.59 Å². The summed E-state index contributed by atoms with van der Waals surface area (Å²) in [7, 11) is 0. The molecule has 2 aliphatic heterocycles. The Labute approximate surface area is 194 Å². The van der Waals surface area contributed by atoms with Crippen LogP contribution in [0.4, 0.5) is 15.3 Å². The molecule has 3 aliphatic rings. The molecule has 3 N–H and O–H groups in total. The molecule has 2 aromatic rings. The van der Waals surface area contributed by atoms with E-state index in [2.05, 4.69) is 40.2 Å². The maximum Gasteiger partial charge on any atom is 0.319 e. The standard InChI is InChI=1S/C26H32N4O3/c1-17(18-7-9-20(10-8-18)28-25(31)29-21-11-12-21)27-26(32)30-15-22(19-5-3-2-4-6-19)23-16-33-14-13-24(23)30/h2-10,17,21-24H,11-16H2,1H3,(H,27,32)(H2,28,29,31). The predicted octanol–water partition coefficient (Wildman–Crippen LogP) is 4.25. The third-order valence-electron chi connectivity index (χ3n) is 7.08. The van der Waals surface area contributed by atoms with Crippen molar-refractivity contribution in [3.63, 3.8) is 0 Å². The van der Waals surface area contributed by atoms with E-state index in [0.717, 1.165) is 30.5 Å². The number of amides is 4. The normalized spacial score (nSPS) is 25.1. The van der Waals surface area contributed by atoms with Gasteiger partial charge in [0.2, 0.25) is 0 Å². The minimum absolute atomic E-state index is 0.0242. The number of hydrogen-bond acceptors (Lipinski definition) is 3. The lowest BCUT2D eigenvalue weighted by Crippen LogP contribution is -2.47. The molecule has 4 unspecified atom stereocenters. The Morgan fingerprint density at radius 1 is 1.03 bits per heavy atom. The number of rotatable bonds is 5. The van der Waals surface area contributed by atoms with E-state index in [-0.39, 0.29) is 24.1 Å². The highest BCUT2D eigenvalue weighted by Gasteiger charge is 2.46. The summed E-state index contributed by atoms with van der Waals surface area (Å²) in [6, 6.07) is 18.3. The molecule has 1 saturated carbocycles. The Balaban J connectivity index is 1.21. The van der Waals surface area contributed by atoms with Crippen LogP contribution in [0.25, 0.3) is 0 Å². The van der Waals surface area contributed by atoms with Crippen molar-refractivity contribution in [3.05, 3.63) is 65.7 Å². The molecule has 5 rings (SSSR count). The van der Waals surface area contributed by atoms with Gasteiger partial charge >= 0.3 is 12.1 Å². The van der Waals surface area contributed by atoms with E-state index >= 15 is 0 Å². The minimum atomic E-state index is -0.167. The molecule has 0 aromatic heterocycles. The number of nitrogens with one attached hydrogen (secondary N) is 3. The second-order valence-electron chi connectivity index (χ2n) is 9.43. The first kappa shape index (κ1) is 21.8. The number of fused-ring (bicyclic) bond motifs is 1. The SMILES string of the molecule is CC(NC(=O)N1CC(c2ccccc2)C2COCCC21)c1ccc(NC(=O)NC2CC2)cc1. The monoisotopic (exact) mass is 448 g/mol. The number of carbonyl (C=O) groups excluding carboxylic acids is 2. The molecule has 2 aromatic carbocycles. The lowest BCUT2D eigenvalue weighted by Gasteiger charge is -2.33. The number of urea groups is 2. The maximum atomic E-state index is 13.3. The Morgan fingerprint density at radius 3 is 2.52 bits per heavy atom. The van der Waals surface area contributed by atoms with Crippen molar-refractivity contribution >= 4 is 17.7 Å². The zero-order chi connectivity index (χ0) is 22.8. The highest BCUT2D eigenvalue weighted by Crippen LogP contribution is 2.41. The summed E-state index contributed by atoms with van der Waals surface area (Å²) in [5.74, 6) is 0.624. The van der Waals surface area contributed by atoms with Crippen LogP contribution in [0.2, 0.25) is 0 Å². The van der Waals surface area contributed by atoms with Gasteiger partial charge in [-0.05, 0) is 49.4 Å². The number of likely N-dealkylation sites (tertiary alicyclic amines) is 1. The molecule has 0 spiro atoms. The van der Waals surface area contributed by atoms with E-state index in [1.165, 1.54) is 5.56 Å². The first-order valence-electron chi connectivity index (χ1n) is 12.0. The summed E-state index contributed by atoms with van der Waals surface area (Å²) in [4.78, 5) is 27.2. The average Bonchev–Trinajstić information content (AvgIpc) is 3.56. The lowest BCUT2D eigenvalue weighted by atomic mass is 9.84. The highest BCUT2D eigenvalue weighted by molar-refractivity contribution is 5.89. The number of benzene rings is 2. The predicted molar refractivity (Wildman–Crippen MR) is 127 cm³/mol. The van der Waals surface area contributed by atoms with Gasteiger partial charge in [0.1, 0.15) is 0 Å². The molecule has 1 aliphatic carbocycles. The molecule has 174 valence electrons. The van der Waals surface area contributed by atoms with Gasteiger partial charge in [0, 0.05) is 42.8 Å². The van der Waals surface area contributed by atoms with E-state index in [4.69, 9.17) is 4.74 Å². The van der Waals surface area contributed by atoms with Gasteiger partial charge in [0.15, 0.2) is 0 Å². The summed E-state index contributed by atoms with van der Waals surface area (Å²) < 4.78 is 5.78. The van der Waals surface area contributed by atoms with E-state index in [9.17, 15) is 9.59 Å². The molecular weight excluding hydrogens is 416 g/mol. The van der Waals surface area contributed by atoms with Crippen LogP contribution < -0.4 is 16.0 Å². The Morgan fingerprint density at radius 2 is 1.79 bits per heavy atom. The van der Waals surface area contributed by atoms with Crippen molar-refractivity contribution in [3.8, 4) is 0 Å². The second kappa shape index (κ2) is 9.43. The minimum Gasteiger partial charge on any atom is -0.381 e. The largest absolute Gasteiger partial charge is 0.381 e. The third kappa shape index (κ3) is 4.98. The average molecular weight is 449 g/mol. The van der Waals surface area contributed by atoms with E-state index < -0.39 is 0 Å². The molecule has 7 heteroatoms. The number of hydrogen-bond donors (Lipinski definition) is 3. The van der Waals surface area contributed by atoms with Crippen LogP contribution in [0, 0.1) is 5.92 Å². The summed E-state index contributed by atoms with van der Waals surface area (Å²) in [6.45, 7) is 4.10. The molecule has 3 fully saturated rings. The zero-order valence-electron chi connectivity index (χ0n) is 19.0. The van der Waals surface area contributed by atoms with E-state index in [0.29, 0.717) is 37.6 Å². The van der Waals surface area contributed by atoms with Gasteiger partial charge in [0.25, 0.3) is 0 Å². The first-order chi connectivity index (χ1) is 16.1. The van der Waals surface area contributed by atoms with Crippen LogP contribution in [-0.2, 0) is 4.74 Å². The second-order valence-corrected chi connectivity index (χ2v) is 9.43. The van der Waals surface area contributed by atoms with Crippen molar-refractivity contribution < 1.29 is 14.3 Å². The number of anilines is 1. The molecule has 0 radical (unpaired) electrons. The molecule has 7 nitrogen and oxygen atoms in total. The van der Waals surface area contributed by atoms with Gasteiger partial charge in [-0.15, -0.1) is 0 Å². The summed E-state index contributed by atoms with van der Waals surface area (Å²) in [5.41, 5.74) is 3.01. The fraction of sp³-hybridized carbons (Fsp3) is 0.462. The van der Waals surface area contributed by atoms with Crippen molar-refractivity contribution in [1.29, 1.82) is 0 Å². The topological polar surface area (TPSA) is 82.7 Å². The van der Waals surface area contributed by atoms with Crippen molar-refractivity contribution in [2.24, 2.45) is 5.92 Å².